The molecule has 25 heavy (non-hydrogen) atoms. The number of carbonyl (C=O) groups excluding carboxylic acids is 1. The third kappa shape index (κ3) is 7.18. The second-order valence-electron chi connectivity index (χ2n) is 5.54. The molecular formula is C16H23BrClIN4O2. The number of piperidine rings is 1. The number of nitrogens with two attached hydrogens (primary N) is 1. The summed E-state index contributed by atoms with van der Waals surface area (Å²) in [4.78, 5) is 17.7. The fourth-order valence-corrected chi connectivity index (χ4v) is 3.23. The molecule has 6 nitrogen and oxygen atoms in total. The highest BCUT2D eigenvalue weighted by Crippen LogP contribution is 2.21. The predicted molar refractivity (Wildman–Crippen MR) is 115 cm³/mol. The monoisotopic (exact) mass is 544 g/mol. The number of hydrogen-bond donors (Lipinski definition) is 2. The van der Waals surface area contributed by atoms with Crippen LogP contribution in [0.15, 0.2) is 27.7 Å². The summed E-state index contributed by atoms with van der Waals surface area (Å²) in [5, 5.41) is 3.86. The van der Waals surface area contributed by atoms with Crippen LogP contribution < -0.4 is 11.1 Å². The van der Waals surface area contributed by atoms with Crippen LogP contribution in [-0.2, 0) is 11.3 Å². The fourth-order valence-electron chi connectivity index (χ4n) is 2.50. The van der Waals surface area contributed by atoms with E-state index in [1.807, 2.05) is 18.2 Å². The fraction of sp³-hybridized carbons (Fsp3) is 0.500. The Kier molecular flexibility index (Phi) is 9.88. The van der Waals surface area contributed by atoms with Gasteiger partial charge < -0.3 is 20.7 Å². The molecule has 1 fully saturated rings. The first-order valence-corrected chi connectivity index (χ1v) is 9.08. The van der Waals surface area contributed by atoms with Gasteiger partial charge in [0, 0.05) is 28.6 Å². The molecule has 1 aliphatic rings. The van der Waals surface area contributed by atoms with Crippen molar-refractivity contribution in [2.75, 3.05) is 19.7 Å². The maximum Gasteiger partial charge on any atom is 0.409 e. The molecule has 3 N–H and O–H groups in total. The lowest BCUT2D eigenvalue weighted by molar-refractivity contribution is 0.0963. The minimum atomic E-state index is -0.248. The number of benzene rings is 1. The molecule has 0 aliphatic carbocycles. The largest absolute Gasteiger partial charge is 0.450 e. The lowest BCUT2D eigenvalue weighted by atomic mass is 10.1. The SMILES string of the molecule is CCOC(=O)N1CCC(NC(N)=NCc2ccc(Br)cc2Cl)CC1.I. The van der Waals surface area contributed by atoms with Crippen molar-refractivity contribution in [1.29, 1.82) is 0 Å². The second-order valence-corrected chi connectivity index (χ2v) is 6.86. The van der Waals surface area contributed by atoms with Crippen molar-refractivity contribution in [3.05, 3.63) is 33.3 Å². The van der Waals surface area contributed by atoms with Crippen LogP contribution in [-0.4, -0.2) is 42.7 Å². The number of carbonyl (C=O) groups is 1. The highest BCUT2D eigenvalue weighted by molar-refractivity contribution is 14.0. The molecule has 1 aliphatic heterocycles. The van der Waals surface area contributed by atoms with Crippen molar-refractivity contribution in [1.82, 2.24) is 10.2 Å². The topological polar surface area (TPSA) is 80.0 Å². The van der Waals surface area contributed by atoms with Crippen LogP contribution in [0.25, 0.3) is 0 Å². The predicted octanol–water partition coefficient (Wildman–Crippen LogP) is 3.75. The van der Waals surface area contributed by atoms with Gasteiger partial charge in [-0.05, 0) is 37.5 Å². The van der Waals surface area contributed by atoms with Crippen LogP contribution >= 0.6 is 51.5 Å². The summed E-state index contributed by atoms with van der Waals surface area (Å²) in [6.45, 7) is 3.94. The summed E-state index contributed by atoms with van der Waals surface area (Å²) in [7, 11) is 0. The average Bonchev–Trinajstić information content (AvgIpc) is 2.55. The summed E-state index contributed by atoms with van der Waals surface area (Å²) in [5.74, 6) is 0.392. The van der Waals surface area contributed by atoms with E-state index >= 15 is 0 Å². The van der Waals surface area contributed by atoms with E-state index in [2.05, 4.69) is 26.2 Å². The van der Waals surface area contributed by atoms with E-state index in [1.54, 1.807) is 11.8 Å². The number of aliphatic imine (C=N–C) groups is 1. The zero-order chi connectivity index (χ0) is 17.5. The van der Waals surface area contributed by atoms with Crippen LogP contribution in [0.2, 0.25) is 5.02 Å². The van der Waals surface area contributed by atoms with Crippen molar-refractivity contribution in [3.63, 3.8) is 0 Å². The maximum absolute atomic E-state index is 11.7. The Hall–Kier alpha value is -0.740. The molecule has 0 spiro atoms. The van der Waals surface area contributed by atoms with Gasteiger partial charge in [-0.15, -0.1) is 24.0 Å². The first kappa shape index (κ1) is 22.3. The lowest BCUT2D eigenvalue weighted by Gasteiger charge is -2.31. The van der Waals surface area contributed by atoms with Gasteiger partial charge in [-0.25, -0.2) is 9.79 Å². The summed E-state index contributed by atoms with van der Waals surface area (Å²) < 4.78 is 5.94. The number of rotatable bonds is 4. The average molecular weight is 546 g/mol. The Bertz CT molecular complexity index is 610. The lowest BCUT2D eigenvalue weighted by Crippen LogP contribution is -2.48. The number of ether oxygens (including phenoxy) is 1. The van der Waals surface area contributed by atoms with Gasteiger partial charge in [0.15, 0.2) is 5.96 Å². The highest BCUT2D eigenvalue weighted by atomic mass is 127. The first-order valence-electron chi connectivity index (χ1n) is 7.91. The van der Waals surface area contributed by atoms with E-state index in [-0.39, 0.29) is 36.1 Å². The molecule has 0 unspecified atom stereocenters. The number of nitrogens with zero attached hydrogens (tertiary/aromatic N) is 2. The van der Waals surface area contributed by atoms with Gasteiger partial charge in [-0.3, -0.25) is 0 Å². The van der Waals surface area contributed by atoms with Crippen molar-refractivity contribution in [2.45, 2.75) is 32.4 Å². The summed E-state index contributed by atoms with van der Waals surface area (Å²) in [5.41, 5.74) is 6.87. The smallest absolute Gasteiger partial charge is 0.409 e. The first-order chi connectivity index (χ1) is 11.5. The Labute approximate surface area is 178 Å². The number of guanidine groups is 1. The molecular weight excluding hydrogens is 522 g/mol. The Morgan fingerprint density at radius 2 is 2.16 bits per heavy atom. The van der Waals surface area contributed by atoms with E-state index < -0.39 is 0 Å². The molecule has 0 aromatic heterocycles. The molecule has 9 heteroatoms. The van der Waals surface area contributed by atoms with Crippen LogP contribution in [0.5, 0.6) is 0 Å². The summed E-state index contributed by atoms with van der Waals surface area (Å²) in [6.07, 6.45) is 1.38. The molecule has 1 saturated heterocycles. The minimum absolute atomic E-state index is 0. The van der Waals surface area contributed by atoms with Gasteiger partial charge in [-0.1, -0.05) is 33.6 Å². The molecule has 1 aromatic rings. The van der Waals surface area contributed by atoms with Gasteiger partial charge >= 0.3 is 6.09 Å². The van der Waals surface area contributed by atoms with Gasteiger partial charge in [0.25, 0.3) is 0 Å². The van der Waals surface area contributed by atoms with Crippen molar-refractivity contribution in [3.8, 4) is 0 Å². The van der Waals surface area contributed by atoms with Crippen molar-refractivity contribution < 1.29 is 9.53 Å². The minimum Gasteiger partial charge on any atom is -0.450 e. The van der Waals surface area contributed by atoms with Gasteiger partial charge in [0.2, 0.25) is 0 Å². The number of amides is 1. The van der Waals surface area contributed by atoms with Crippen LogP contribution in [0.4, 0.5) is 4.79 Å². The van der Waals surface area contributed by atoms with Gasteiger partial charge in [0.1, 0.15) is 0 Å². The van der Waals surface area contributed by atoms with Crippen LogP contribution in [0.3, 0.4) is 0 Å². The molecule has 1 aromatic carbocycles. The molecule has 140 valence electrons. The quantitative estimate of drug-likeness (QED) is 0.343. The van der Waals surface area contributed by atoms with Crippen LogP contribution in [0, 0.1) is 0 Å². The number of likely N-dealkylation sites (tertiary alicyclic amines) is 1. The zero-order valence-corrected chi connectivity index (χ0v) is 18.7. The molecule has 1 amide bonds. The molecule has 2 rings (SSSR count). The standard InChI is InChI=1S/C16H22BrClN4O2.HI/c1-2-24-16(23)22-7-5-13(6-8-22)21-15(19)20-10-11-3-4-12(17)9-14(11)18;/h3-4,9,13H,2,5-8,10H2,1H3,(H3,19,20,21);1H. The zero-order valence-electron chi connectivity index (χ0n) is 14.0. The molecule has 1 heterocycles. The number of hydrogen-bond acceptors (Lipinski definition) is 3. The third-order valence-electron chi connectivity index (χ3n) is 3.81. The van der Waals surface area contributed by atoms with E-state index in [4.69, 9.17) is 22.1 Å². The van der Waals surface area contributed by atoms with Crippen LogP contribution in [0.1, 0.15) is 25.3 Å². The summed E-state index contributed by atoms with van der Waals surface area (Å²) >= 11 is 9.54. The highest BCUT2D eigenvalue weighted by Gasteiger charge is 2.23. The molecule has 0 radical (unpaired) electrons. The van der Waals surface area contributed by atoms with E-state index in [0.717, 1.165) is 22.9 Å². The molecule has 0 bridgehead atoms. The van der Waals surface area contributed by atoms with Crippen molar-refractivity contribution in [2.24, 2.45) is 10.7 Å². The molecule has 0 saturated carbocycles. The summed E-state index contributed by atoms with van der Waals surface area (Å²) in [6, 6.07) is 5.88. The normalized spacial score (nSPS) is 15.5. The molecule has 0 atom stereocenters. The Morgan fingerprint density at radius 3 is 2.76 bits per heavy atom. The third-order valence-corrected chi connectivity index (χ3v) is 4.65. The second kappa shape index (κ2) is 11.1. The Morgan fingerprint density at radius 1 is 1.48 bits per heavy atom. The van der Waals surface area contributed by atoms with E-state index in [0.29, 0.717) is 37.2 Å². The number of nitrogens with one attached hydrogen (secondary N) is 1. The van der Waals surface area contributed by atoms with Gasteiger partial charge in [-0.2, -0.15) is 0 Å². The van der Waals surface area contributed by atoms with Gasteiger partial charge in [0.05, 0.1) is 13.2 Å². The Balaban J connectivity index is 0.00000312. The van der Waals surface area contributed by atoms with E-state index in [9.17, 15) is 4.79 Å². The van der Waals surface area contributed by atoms with E-state index in [1.165, 1.54) is 0 Å². The maximum atomic E-state index is 11.7. The number of halogens is 3. The van der Waals surface area contributed by atoms with Crippen molar-refractivity contribution >= 4 is 63.6 Å².